The molecular weight excluding hydrogens is 418 g/mol. The monoisotopic (exact) mass is 445 g/mol. The predicted octanol–water partition coefficient (Wildman–Crippen LogP) is 2.43. The molecular formula is C21H27N5O4S. The molecule has 0 aliphatic carbocycles. The van der Waals surface area contributed by atoms with E-state index in [1.54, 1.807) is 13.0 Å². The first-order valence-corrected chi connectivity index (χ1v) is 11.2. The highest BCUT2D eigenvalue weighted by Crippen LogP contribution is 2.23. The zero-order valence-corrected chi connectivity index (χ0v) is 19.3. The van der Waals surface area contributed by atoms with Crippen LogP contribution >= 0.6 is 0 Å². The zero-order chi connectivity index (χ0) is 23.0. The zero-order valence-electron chi connectivity index (χ0n) is 18.4. The fraction of sp³-hybridized carbons (Fsp3) is 0.381. The van der Waals surface area contributed by atoms with Gasteiger partial charge < -0.3 is 10.2 Å². The van der Waals surface area contributed by atoms with Gasteiger partial charge in [0.15, 0.2) is 0 Å². The van der Waals surface area contributed by atoms with Crippen molar-refractivity contribution in [1.29, 1.82) is 0 Å². The molecule has 0 radical (unpaired) electrons. The maximum Gasteiger partial charge on any atom is 0.267 e. The van der Waals surface area contributed by atoms with E-state index >= 15 is 0 Å². The minimum absolute atomic E-state index is 0.0198. The molecule has 0 aliphatic rings. The van der Waals surface area contributed by atoms with Crippen LogP contribution in [0, 0.1) is 0 Å². The van der Waals surface area contributed by atoms with Crippen LogP contribution in [0.5, 0.6) is 0 Å². The van der Waals surface area contributed by atoms with Crippen molar-refractivity contribution in [2.75, 3.05) is 19.4 Å². The Kier molecular flexibility index (Phi) is 6.06. The molecule has 0 bridgehead atoms. The summed E-state index contributed by atoms with van der Waals surface area (Å²) in [5, 5.41) is 10.7. The number of carbonyl (C=O) groups is 1. The summed E-state index contributed by atoms with van der Waals surface area (Å²) >= 11 is 0. The molecule has 1 atom stereocenters. The lowest BCUT2D eigenvalue weighted by Crippen LogP contribution is -2.35. The summed E-state index contributed by atoms with van der Waals surface area (Å²) in [5.41, 5.74) is 2.62. The highest BCUT2D eigenvalue weighted by Gasteiger charge is 2.22. The molecule has 1 unspecified atom stereocenters. The number of anilines is 1. The maximum absolute atomic E-state index is 12.6. The summed E-state index contributed by atoms with van der Waals surface area (Å²) in [6.07, 6.45) is -0.902. The molecule has 1 heterocycles. The predicted molar refractivity (Wildman–Crippen MR) is 118 cm³/mol. The SMILES string of the molecule is CC(On1nnc2ccc(S(=O)(=O)N(C)C)cc21)C(=O)Nc1ccc(C(C)(C)C)cc1. The molecule has 0 aliphatic heterocycles. The molecule has 3 aromatic rings. The van der Waals surface area contributed by atoms with Crippen molar-refractivity contribution in [1.82, 2.24) is 19.5 Å². The summed E-state index contributed by atoms with van der Waals surface area (Å²) < 4.78 is 25.9. The minimum atomic E-state index is -3.63. The van der Waals surface area contributed by atoms with E-state index in [1.807, 2.05) is 24.3 Å². The van der Waals surface area contributed by atoms with E-state index in [0.717, 1.165) is 14.7 Å². The number of amides is 1. The normalized spacial score (nSPS) is 13.4. The standard InChI is InChI=1S/C21H27N5O4S/c1-14(20(27)22-16-9-7-15(8-10-16)21(2,3)4)30-26-19-13-17(31(28,29)25(5)6)11-12-18(19)23-24-26/h7-14H,1-6H3,(H,22,27). The first-order valence-electron chi connectivity index (χ1n) is 9.76. The van der Waals surface area contributed by atoms with Crippen LogP contribution in [0.2, 0.25) is 0 Å². The molecule has 1 amide bonds. The van der Waals surface area contributed by atoms with Gasteiger partial charge in [-0.1, -0.05) is 37.7 Å². The molecule has 1 aromatic heterocycles. The quantitative estimate of drug-likeness (QED) is 0.625. The van der Waals surface area contributed by atoms with Gasteiger partial charge in [0, 0.05) is 19.8 Å². The first kappa shape index (κ1) is 22.7. The minimum Gasteiger partial charge on any atom is -0.382 e. The van der Waals surface area contributed by atoms with E-state index in [0.29, 0.717) is 16.7 Å². The second kappa shape index (κ2) is 8.27. The molecule has 10 heteroatoms. The number of hydrogen-bond acceptors (Lipinski definition) is 6. The third-order valence-corrected chi connectivity index (χ3v) is 6.62. The van der Waals surface area contributed by atoms with Gasteiger partial charge in [-0.15, -0.1) is 5.10 Å². The average molecular weight is 446 g/mol. The molecule has 0 saturated carbocycles. The molecule has 2 aromatic carbocycles. The van der Waals surface area contributed by atoms with Crippen LogP contribution in [0.3, 0.4) is 0 Å². The van der Waals surface area contributed by atoms with Crippen LogP contribution in [0.25, 0.3) is 11.0 Å². The van der Waals surface area contributed by atoms with Gasteiger partial charge in [-0.2, -0.15) is 0 Å². The number of fused-ring (bicyclic) bond motifs is 1. The van der Waals surface area contributed by atoms with Gasteiger partial charge in [0.25, 0.3) is 5.91 Å². The van der Waals surface area contributed by atoms with Crippen molar-refractivity contribution < 1.29 is 18.0 Å². The van der Waals surface area contributed by atoms with E-state index in [9.17, 15) is 13.2 Å². The van der Waals surface area contributed by atoms with Gasteiger partial charge in [-0.25, -0.2) is 12.7 Å². The Bertz CT molecular complexity index is 1190. The van der Waals surface area contributed by atoms with E-state index in [4.69, 9.17) is 4.84 Å². The number of rotatable bonds is 6. The van der Waals surface area contributed by atoms with Crippen molar-refractivity contribution in [2.45, 2.75) is 44.1 Å². The number of hydrogen-bond donors (Lipinski definition) is 1. The number of aromatic nitrogens is 3. The Hall–Kier alpha value is -2.98. The Labute approximate surface area is 182 Å². The molecule has 3 rings (SSSR count). The number of benzene rings is 2. The summed E-state index contributed by atoms with van der Waals surface area (Å²) in [7, 11) is -0.732. The van der Waals surface area contributed by atoms with Crippen molar-refractivity contribution in [3.8, 4) is 0 Å². The lowest BCUT2D eigenvalue weighted by Gasteiger charge is -2.19. The van der Waals surface area contributed by atoms with Crippen LogP contribution in [0.15, 0.2) is 47.4 Å². The van der Waals surface area contributed by atoms with Gasteiger partial charge in [0.1, 0.15) is 11.0 Å². The lowest BCUT2D eigenvalue weighted by atomic mass is 9.87. The highest BCUT2D eigenvalue weighted by molar-refractivity contribution is 7.89. The Morgan fingerprint density at radius 3 is 2.35 bits per heavy atom. The van der Waals surface area contributed by atoms with Gasteiger partial charge in [-0.3, -0.25) is 4.79 Å². The Morgan fingerprint density at radius 2 is 1.77 bits per heavy atom. The van der Waals surface area contributed by atoms with Crippen LogP contribution in [0.1, 0.15) is 33.3 Å². The van der Waals surface area contributed by atoms with Crippen molar-refractivity contribution in [2.24, 2.45) is 0 Å². The third kappa shape index (κ3) is 4.86. The van der Waals surface area contributed by atoms with E-state index in [1.165, 1.54) is 26.2 Å². The number of carbonyl (C=O) groups excluding carboxylic acids is 1. The molecule has 9 nitrogen and oxygen atoms in total. The van der Waals surface area contributed by atoms with Crippen LogP contribution in [-0.4, -0.2) is 54.0 Å². The van der Waals surface area contributed by atoms with Crippen molar-refractivity contribution >= 4 is 32.7 Å². The largest absolute Gasteiger partial charge is 0.382 e. The summed E-state index contributed by atoms with van der Waals surface area (Å²) in [5.74, 6) is -0.371. The van der Waals surface area contributed by atoms with Crippen LogP contribution < -0.4 is 10.2 Å². The average Bonchev–Trinajstić information content (AvgIpc) is 3.09. The second-order valence-electron chi connectivity index (χ2n) is 8.46. The highest BCUT2D eigenvalue weighted by atomic mass is 32.2. The Balaban J connectivity index is 1.76. The van der Waals surface area contributed by atoms with Crippen molar-refractivity contribution in [3.63, 3.8) is 0 Å². The van der Waals surface area contributed by atoms with Crippen LogP contribution in [-0.2, 0) is 20.2 Å². The lowest BCUT2D eigenvalue weighted by molar-refractivity contribution is -0.127. The van der Waals surface area contributed by atoms with Gasteiger partial charge in [0.05, 0.1) is 4.90 Å². The number of sulfonamides is 1. The smallest absolute Gasteiger partial charge is 0.267 e. The van der Waals surface area contributed by atoms with Crippen LogP contribution in [0.4, 0.5) is 5.69 Å². The molecule has 1 N–H and O–H groups in total. The molecule has 0 spiro atoms. The second-order valence-corrected chi connectivity index (χ2v) is 10.6. The summed E-state index contributed by atoms with van der Waals surface area (Å²) in [6.45, 7) is 7.93. The van der Waals surface area contributed by atoms with Gasteiger partial charge in [-0.05, 0) is 53.4 Å². The maximum atomic E-state index is 12.6. The molecule has 0 saturated heterocycles. The summed E-state index contributed by atoms with van der Waals surface area (Å²) in [4.78, 5) is 19.3. The third-order valence-electron chi connectivity index (χ3n) is 4.81. The van der Waals surface area contributed by atoms with E-state index < -0.39 is 16.1 Å². The Morgan fingerprint density at radius 1 is 1.13 bits per heavy atom. The van der Waals surface area contributed by atoms with Gasteiger partial charge in [0.2, 0.25) is 16.1 Å². The van der Waals surface area contributed by atoms with Gasteiger partial charge >= 0.3 is 0 Å². The first-order chi connectivity index (χ1) is 14.4. The number of nitrogens with one attached hydrogen (secondary N) is 1. The molecule has 31 heavy (non-hydrogen) atoms. The fourth-order valence-electron chi connectivity index (χ4n) is 2.82. The number of nitrogens with zero attached hydrogens (tertiary/aromatic N) is 4. The fourth-order valence-corrected chi connectivity index (χ4v) is 3.74. The van der Waals surface area contributed by atoms with E-state index in [2.05, 4.69) is 36.4 Å². The topological polar surface area (TPSA) is 106 Å². The summed E-state index contributed by atoms with van der Waals surface area (Å²) in [6, 6.07) is 12.0. The molecule has 166 valence electrons. The molecule has 0 fully saturated rings. The van der Waals surface area contributed by atoms with E-state index in [-0.39, 0.29) is 16.2 Å². The van der Waals surface area contributed by atoms with Crippen molar-refractivity contribution in [3.05, 3.63) is 48.0 Å².